The topological polar surface area (TPSA) is 126 Å². The molecule has 5 aromatic rings. The lowest BCUT2D eigenvalue weighted by Gasteiger charge is -2.31. The molecule has 1 saturated heterocycles. The van der Waals surface area contributed by atoms with Crippen LogP contribution < -0.4 is 10.1 Å². The lowest BCUT2D eigenvalue weighted by Crippen LogP contribution is -2.38. The number of fused-ring (bicyclic) bond motifs is 2. The number of benzene rings is 2. The van der Waals surface area contributed by atoms with Crippen molar-refractivity contribution >= 4 is 50.8 Å². The third kappa shape index (κ3) is 4.49. The number of piperidine rings is 1. The highest BCUT2D eigenvalue weighted by atomic mass is 32.1. The average molecular weight is 514 g/mol. The van der Waals surface area contributed by atoms with Crippen molar-refractivity contribution in [2.75, 3.05) is 25.5 Å². The van der Waals surface area contributed by atoms with Crippen molar-refractivity contribution in [1.82, 2.24) is 30.3 Å². The summed E-state index contributed by atoms with van der Waals surface area (Å²) in [4.78, 5) is 37.0. The normalized spacial score (nSPS) is 14.2. The molecule has 11 heteroatoms. The molecule has 0 aliphatic carbocycles. The molecule has 0 spiro atoms. The first-order valence-corrected chi connectivity index (χ1v) is 12.8. The van der Waals surface area contributed by atoms with Gasteiger partial charge in [0.25, 0.3) is 11.8 Å². The van der Waals surface area contributed by atoms with Gasteiger partial charge in [0.15, 0.2) is 0 Å². The van der Waals surface area contributed by atoms with Crippen molar-refractivity contribution < 1.29 is 14.3 Å². The van der Waals surface area contributed by atoms with Gasteiger partial charge in [-0.3, -0.25) is 9.59 Å². The van der Waals surface area contributed by atoms with Gasteiger partial charge in [0.05, 0.1) is 17.6 Å². The molecule has 37 heavy (non-hydrogen) atoms. The third-order valence-corrected chi connectivity index (χ3v) is 7.58. The Morgan fingerprint density at radius 3 is 2.65 bits per heavy atom. The zero-order valence-corrected chi connectivity index (χ0v) is 20.8. The number of anilines is 1. The molecule has 4 heterocycles. The number of methoxy groups -OCH3 is 1. The van der Waals surface area contributed by atoms with Crippen LogP contribution in [-0.4, -0.2) is 62.3 Å². The standard InChI is InChI=1S/C26H23N7O3S/c1-36-23-13-21(28-18-5-3-2-4-17(18)23)26(35)33-10-8-15(9-11-33)25-29-22(14-37-25)24(34)27-16-6-7-19-20(12-16)31-32-30-19/h2-7,12-15H,8-11H2,1H3,(H,27,34)(H,30,31,32). The largest absolute Gasteiger partial charge is 0.496 e. The van der Waals surface area contributed by atoms with Crippen molar-refractivity contribution in [2.24, 2.45) is 0 Å². The number of likely N-dealkylation sites (tertiary alicyclic amines) is 1. The molecule has 3 aromatic heterocycles. The second kappa shape index (κ2) is 9.58. The van der Waals surface area contributed by atoms with Crippen molar-refractivity contribution in [1.29, 1.82) is 0 Å². The summed E-state index contributed by atoms with van der Waals surface area (Å²) in [6, 6.07) is 14.7. The maximum absolute atomic E-state index is 13.2. The maximum atomic E-state index is 13.2. The van der Waals surface area contributed by atoms with Crippen LogP contribution in [0.2, 0.25) is 0 Å². The zero-order valence-electron chi connectivity index (χ0n) is 20.0. The molecule has 1 fully saturated rings. The fourth-order valence-electron chi connectivity index (χ4n) is 4.61. The zero-order chi connectivity index (χ0) is 25.4. The number of thiazole rings is 1. The van der Waals surface area contributed by atoms with Crippen LogP contribution in [0.5, 0.6) is 5.75 Å². The first-order chi connectivity index (χ1) is 18.1. The summed E-state index contributed by atoms with van der Waals surface area (Å²) < 4.78 is 5.50. The molecule has 6 rings (SSSR count). The van der Waals surface area contributed by atoms with Gasteiger partial charge in [0, 0.05) is 41.5 Å². The van der Waals surface area contributed by atoms with Crippen LogP contribution in [0.15, 0.2) is 53.9 Å². The summed E-state index contributed by atoms with van der Waals surface area (Å²) >= 11 is 1.48. The van der Waals surface area contributed by atoms with E-state index in [0.717, 1.165) is 34.3 Å². The number of nitrogens with zero attached hydrogens (tertiary/aromatic N) is 5. The molecule has 10 nitrogen and oxygen atoms in total. The number of carbonyl (C=O) groups excluding carboxylic acids is 2. The summed E-state index contributed by atoms with van der Waals surface area (Å²) in [5.74, 6) is 0.458. The molecular weight excluding hydrogens is 490 g/mol. The van der Waals surface area contributed by atoms with Gasteiger partial charge >= 0.3 is 0 Å². The summed E-state index contributed by atoms with van der Waals surface area (Å²) in [7, 11) is 1.60. The minimum Gasteiger partial charge on any atom is -0.496 e. The van der Waals surface area contributed by atoms with Gasteiger partial charge in [-0.15, -0.1) is 11.3 Å². The predicted octanol–water partition coefficient (Wildman–Crippen LogP) is 4.24. The Bertz CT molecular complexity index is 1620. The maximum Gasteiger partial charge on any atom is 0.275 e. The van der Waals surface area contributed by atoms with Crippen LogP contribution in [0.25, 0.3) is 21.9 Å². The lowest BCUT2D eigenvalue weighted by atomic mass is 9.97. The number of hydrogen-bond acceptors (Lipinski definition) is 8. The van der Waals surface area contributed by atoms with E-state index in [-0.39, 0.29) is 17.7 Å². The monoisotopic (exact) mass is 513 g/mol. The van der Waals surface area contributed by atoms with Gasteiger partial charge in [-0.1, -0.05) is 12.1 Å². The second-order valence-electron chi connectivity index (χ2n) is 8.85. The van der Waals surface area contributed by atoms with Crippen molar-refractivity contribution in [3.05, 3.63) is 70.3 Å². The van der Waals surface area contributed by atoms with Gasteiger partial charge in [0.2, 0.25) is 0 Å². The number of aromatic amines is 1. The van der Waals surface area contributed by atoms with Gasteiger partial charge in [-0.25, -0.2) is 9.97 Å². The van der Waals surface area contributed by atoms with Gasteiger partial charge in [-0.05, 0) is 43.2 Å². The second-order valence-corrected chi connectivity index (χ2v) is 9.74. The molecule has 1 aliphatic rings. The SMILES string of the molecule is COc1cc(C(=O)N2CCC(c3nc(C(=O)Nc4ccc5n[nH]nc5c4)cs3)CC2)nc2ccccc12. The number of para-hydroxylation sites is 1. The molecule has 0 unspecified atom stereocenters. The van der Waals surface area contributed by atoms with Gasteiger partial charge in [0.1, 0.15) is 28.2 Å². The molecule has 0 bridgehead atoms. The minimum absolute atomic E-state index is 0.106. The highest BCUT2D eigenvalue weighted by molar-refractivity contribution is 7.10. The van der Waals surface area contributed by atoms with Crippen LogP contribution in [0.3, 0.4) is 0 Å². The Hall–Kier alpha value is -4.38. The van der Waals surface area contributed by atoms with E-state index in [2.05, 4.69) is 30.7 Å². The fraction of sp³-hybridized carbons (Fsp3) is 0.231. The van der Waals surface area contributed by atoms with Gasteiger partial charge in [-0.2, -0.15) is 15.4 Å². The average Bonchev–Trinajstić information content (AvgIpc) is 3.62. The van der Waals surface area contributed by atoms with E-state index in [0.29, 0.717) is 41.4 Å². The smallest absolute Gasteiger partial charge is 0.275 e. The van der Waals surface area contributed by atoms with Crippen LogP contribution >= 0.6 is 11.3 Å². The van der Waals surface area contributed by atoms with Crippen LogP contribution in [0, 0.1) is 0 Å². The summed E-state index contributed by atoms with van der Waals surface area (Å²) in [6.45, 7) is 1.19. The molecule has 1 aliphatic heterocycles. The van der Waals surface area contributed by atoms with Crippen molar-refractivity contribution in [3.63, 3.8) is 0 Å². The third-order valence-electron chi connectivity index (χ3n) is 6.58. The van der Waals surface area contributed by atoms with Crippen LogP contribution in [-0.2, 0) is 0 Å². The number of rotatable bonds is 5. The molecule has 0 atom stereocenters. The molecular formula is C26H23N7O3S. The Morgan fingerprint density at radius 1 is 1.00 bits per heavy atom. The van der Waals surface area contributed by atoms with E-state index in [1.165, 1.54) is 11.3 Å². The van der Waals surface area contributed by atoms with Gasteiger partial charge < -0.3 is 15.0 Å². The van der Waals surface area contributed by atoms with Crippen LogP contribution in [0.1, 0.15) is 44.7 Å². The minimum atomic E-state index is -0.269. The number of aromatic nitrogens is 5. The molecule has 2 aromatic carbocycles. The highest BCUT2D eigenvalue weighted by Crippen LogP contribution is 2.32. The summed E-state index contributed by atoms with van der Waals surface area (Å²) in [5, 5.41) is 17.1. The summed E-state index contributed by atoms with van der Waals surface area (Å²) in [6.07, 6.45) is 1.54. The number of nitrogens with one attached hydrogen (secondary N) is 2. The van der Waals surface area contributed by atoms with E-state index in [4.69, 9.17) is 4.74 Å². The van der Waals surface area contributed by atoms with E-state index in [1.807, 2.05) is 29.2 Å². The first kappa shape index (κ1) is 23.0. The van der Waals surface area contributed by atoms with E-state index >= 15 is 0 Å². The first-order valence-electron chi connectivity index (χ1n) is 11.9. The van der Waals surface area contributed by atoms with E-state index < -0.39 is 0 Å². The molecule has 2 N–H and O–H groups in total. The molecule has 186 valence electrons. The van der Waals surface area contributed by atoms with E-state index in [9.17, 15) is 9.59 Å². The highest BCUT2D eigenvalue weighted by Gasteiger charge is 2.28. The number of hydrogen-bond donors (Lipinski definition) is 2. The molecule has 0 saturated carbocycles. The Labute approximate surface area is 215 Å². The number of pyridine rings is 1. The lowest BCUT2D eigenvalue weighted by molar-refractivity contribution is 0.0707. The summed E-state index contributed by atoms with van der Waals surface area (Å²) in [5.41, 5.74) is 3.53. The molecule has 2 amide bonds. The Morgan fingerprint density at radius 2 is 1.81 bits per heavy atom. The number of H-pyrrole nitrogens is 1. The van der Waals surface area contributed by atoms with E-state index in [1.54, 1.807) is 36.8 Å². The number of amides is 2. The van der Waals surface area contributed by atoms with Crippen LogP contribution in [0.4, 0.5) is 5.69 Å². The number of carbonyl (C=O) groups is 2. The quantitative estimate of drug-likeness (QED) is 0.360. The Balaban J connectivity index is 1.10. The fourth-order valence-corrected chi connectivity index (χ4v) is 5.58. The van der Waals surface area contributed by atoms with Crippen molar-refractivity contribution in [2.45, 2.75) is 18.8 Å². The number of ether oxygens (including phenoxy) is 1. The van der Waals surface area contributed by atoms with Crippen molar-refractivity contribution in [3.8, 4) is 5.75 Å². The molecule has 0 radical (unpaired) electrons. The Kier molecular flexibility index (Phi) is 5.97. The predicted molar refractivity (Wildman–Crippen MR) is 140 cm³/mol.